The van der Waals surface area contributed by atoms with E-state index in [1.807, 2.05) is 18.7 Å². The van der Waals surface area contributed by atoms with Crippen LogP contribution in [0.15, 0.2) is 30.3 Å². The van der Waals surface area contributed by atoms with Crippen molar-refractivity contribution < 1.29 is 27.1 Å². The van der Waals surface area contributed by atoms with Crippen LogP contribution in [0.2, 0.25) is 0 Å². The molecule has 0 radical (unpaired) electrons. The number of nitrogen functional groups attached to an aromatic ring is 1. The molecule has 174 valence electrons. The highest BCUT2D eigenvalue weighted by Crippen LogP contribution is 2.40. The highest BCUT2D eigenvalue weighted by Gasteiger charge is 2.37. The van der Waals surface area contributed by atoms with Crippen LogP contribution in [0.1, 0.15) is 49.9 Å². The van der Waals surface area contributed by atoms with E-state index in [4.69, 9.17) is 10.5 Å². The van der Waals surface area contributed by atoms with Gasteiger partial charge in [-0.1, -0.05) is 13.8 Å². The molecule has 32 heavy (non-hydrogen) atoms. The minimum atomic E-state index is -2.68. The largest absolute Gasteiger partial charge is 0.465 e. The third-order valence-corrected chi connectivity index (χ3v) is 5.79. The summed E-state index contributed by atoms with van der Waals surface area (Å²) in [7, 11) is 1.18. The lowest BCUT2D eigenvalue weighted by Gasteiger charge is -2.40. The zero-order valence-electron chi connectivity index (χ0n) is 18.4. The minimum Gasteiger partial charge on any atom is -0.465 e. The fourth-order valence-electron chi connectivity index (χ4n) is 4.24. The van der Waals surface area contributed by atoms with Gasteiger partial charge in [0.25, 0.3) is 0 Å². The Kier molecular flexibility index (Phi) is 7.00. The average Bonchev–Trinajstić information content (AvgIpc) is 2.73. The highest BCUT2D eigenvalue weighted by molar-refractivity contribution is 5.98. The van der Waals surface area contributed by atoms with E-state index >= 15 is 4.39 Å². The van der Waals surface area contributed by atoms with E-state index in [1.165, 1.54) is 25.3 Å². The Morgan fingerprint density at radius 2 is 1.81 bits per heavy atom. The molecule has 0 bridgehead atoms. The predicted octanol–water partition coefficient (Wildman–Crippen LogP) is 6.04. The Hall–Kier alpha value is -2.77. The number of carbonyl (C=O) groups is 1. The van der Waals surface area contributed by atoms with Crippen LogP contribution in [0.25, 0.3) is 11.1 Å². The van der Waals surface area contributed by atoms with Gasteiger partial charge < -0.3 is 15.4 Å². The molecule has 0 saturated heterocycles. The van der Waals surface area contributed by atoms with Crippen molar-refractivity contribution in [3.8, 4) is 11.1 Å². The minimum absolute atomic E-state index is 0.00787. The molecule has 8 heteroatoms. The predicted molar refractivity (Wildman–Crippen MR) is 117 cm³/mol. The first-order valence-corrected chi connectivity index (χ1v) is 10.6. The molecule has 0 amide bonds. The van der Waals surface area contributed by atoms with Crippen LogP contribution < -0.4 is 10.6 Å². The van der Waals surface area contributed by atoms with Gasteiger partial charge in [-0.25, -0.2) is 22.4 Å². The van der Waals surface area contributed by atoms with E-state index in [-0.39, 0.29) is 60.0 Å². The maximum absolute atomic E-state index is 15.3. The second kappa shape index (κ2) is 9.38. The third-order valence-electron chi connectivity index (χ3n) is 5.79. The molecule has 1 aliphatic rings. The van der Waals surface area contributed by atoms with Crippen molar-refractivity contribution in [2.75, 3.05) is 24.3 Å². The summed E-state index contributed by atoms with van der Waals surface area (Å²) in [5.41, 5.74) is 6.92. The Balaban J connectivity index is 2.04. The summed E-state index contributed by atoms with van der Waals surface area (Å²) in [6, 6.07) is 5.79. The quantitative estimate of drug-likeness (QED) is 0.330. The van der Waals surface area contributed by atoms with Crippen LogP contribution in [0, 0.1) is 17.6 Å². The second-order valence-electron chi connectivity index (χ2n) is 8.71. The molecule has 2 aromatic rings. The summed E-state index contributed by atoms with van der Waals surface area (Å²) < 4.78 is 61.3. The van der Waals surface area contributed by atoms with Gasteiger partial charge in [0.2, 0.25) is 5.92 Å². The van der Waals surface area contributed by atoms with E-state index < -0.39 is 23.5 Å². The maximum Gasteiger partial charge on any atom is 0.338 e. The summed E-state index contributed by atoms with van der Waals surface area (Å²) in [6.07, 6.45) is 0.106. The average molecular weight is 452 g/mol. The highest BCUT2D eigenvalue weighted by atomic mass is 19.3. The van der Waals surface area contributed by atoms with Crippen molar-refractivity contribution in [1.29, 1.82) is 0 Å². The molecule has 0 aromatic heterocycles. The van der Waals surface area contributed by atoms with E-state index in [9.17, 15) is 18.0 Å². The van der Waals surface area contributed by atoms with E-state index in [1.54, 1.807) is 0 Å². The van der Waals surface area contributed by atoms with Gasteiger partial charge in [-0.15, -0.1) is 0 Å². The van der Waals surface area contributed by atoms with Crippen molar-refractivity contribution in [3.05, 3.63) is 47.5 Å². The monoisotopic (exact) mass is 452 g/mol. The van der Waals surface area contributed by atoms with Crippen LogP contribution in [0.4, 0.5) is 28.9 Å². The topological polar surface area (TPSA) is 55.6 Å². The number of halogens is 4. The fraction of sp³-hybridized carbons (Fsp3) is 0.458. The number of nitrogens with zero attached hydrogens (tertiary/aromatic N) is 1. The van der Waals surface area contributed by atoms with Crippen LogP contribution in [-0.2, 0) is 4.74 Å². The molecule has 0 heterocycles. The summed E-state index contributed by atoms with van der Waals surface area (Å²) in [5.74, 6) is -4.55. The number of ether oxygens (including phenoxy) is 1. The number of rotatable bonds is 6. The van der Waals surface area contributed by atoms with Gasteiger partial charge in [-0.05, 0) is 49.1 Å². The smallest absolute Gasteiger partial charge is 0.338 e. The number of hydrogen-bond donors (Lipinski definition) is 1. The number of nitrogens with two attached hydrogens (primary N) is 1. The van der Waals surface area contributed by atoms with Gasteiger partial charge in [0.1, 0.15) is 11.6 Å². The number of methoxy groups -OCH3 is 1. The van der Waals surface area contributed by atoms with Crippen LogP contribution in [0.3, 0.4) is 0 Å². The first kappa shape index (κ1) is 23.9. The molecular weight excluding hydrogens is 424 g/mol. The van der Waals surface area contributed by atoms with Crippen molar-refractivity contribution in [2.24, 2.45) is 5.92 Å². The Bertz CT molecular complexity index is 984. The van der Waals surface area contributed by atoms with Crippen molar-refractivity contribution in [2.45, 2.75) is 51.5 Å². The molecule has 0 spiro atoms. The third kappa shape index (κ3) is 5.16. The number of carbonyl (C=O) groups excluding carboxylic acids is 1. The van der Waals surface area contributed by atoms with E-state index in [0.717, 1.165) is 12.1 Å². The van der Waals surface area contributed by atoms with Crippen molar-refractivity contribution in [3.63, 3.8) is 0 Å². The van der Waals surface area contributed by atoms with Gasteiger partial charge >= 0.3 is 5.97 Å². The molecule has 3 rings (SSSR count). The molecule has 0 aliphatic heterocycles. The zero-order chi connectivity index (χ0) is 23.6. The number of anilines is 2. The lowest BCUT2D eigenvalue weighted by atomic mass is 9.90. The molecule has 4 nitrogen and oxygen atoms in total. The molecule has 1 aliphatic carbocycles. The van der Waals surface area contributed by atoms with Gasteiger partial charge in [0.15, 0.2) is 0 Å². The molecular formula is C24H28F4N2O2. The Morgan fingerprint density at radius 3 is 2.41 bits per heavy atom. The number of alkyl halides is 2. The zero-order valence-corrected chi connectivity index (χ0v) is 18.4. The number of hydrogen-bond acceptors (Lipinski definition) is 4. The normalized spacial score (nSPS) is 16.2. The van der Waals surface area contributed by atoms with Crippen molar-refractivity contribution in [1.82, 2.24) is 0 Å². The number of esters is 1. The maximum atomic E-state index is 15.3. The van der Waals surface area contributed by atoms with Gasteiger partial charge in [0, 0.05) is 36.6 Å². The SMILES string of the molecule is COC(=O)c1ccc(F)cc1-c1cc(N)c(N(CC(C)C)C2CCC(F)(F)CC2)cc1F. The second-order valence-corrected chi connectivity index (χ2v) is 8.71. The van der Waals surface area contributed by atoms with E-state index in [0.29, 0.717) is 12.2 Å². The Labute approximate surface area is 185 Å². The summed E-state index contributed by atoms with van der Waals surface area (Å²) >= 11 is 0. The van der Waals surface area contributed by atoms with Gasteiger partial charge in [-0.3, -0.25) is 0 Å². The molecule has 0 unspecified atom stereocenters. The molecule has 2 aromatic carbocycles. The first-order valence-electron chi connectivity index (χ1n) is 10.6. The van der Waals surface area contributed by atoms with Gasteiger partial charge in [-0.2, -0.15) is 0 Å². The van der Waals surface area contributed by atoms with E-state index in [2.05, 4.69) is 0 Å². The lowest BCUT2D eigenvalue weighted by Crippen LogP contribution is -2.43. The lowest BCUT2D eigenvalue weighted by molar-refractivity contribution is -0.0382. The summed E-state index contributed by atoms with van der Waals surface area (Å²) in [4.78, 5) is 14.0. The Morgan fingerprint density at radius 1 is 1.16 bits per heavy atom. The number of benzene rings is 2. The summed E-state index contributed by atoms with van der Waals surface area (Å²) in [5, 5.41) is 0. The van der Waals surface area contributed by atoms with Crippen LogP contribution >= 0.6 is 0 Å². The van der Waals surface area contributed by atoms with Crippen molar-refractivity contribution >= 4 is 17.3 Å². The molecule has 1 saturated carbocycles. The van der Waals surface area contributed by atoms with Crippen LogP contribution in [0.5, 0.6) is 0 Å². The molecule has 0 atom stereocenters. The molecule has 2 N–H and O–H groups in total. The fourth-order valence-corrected chi connectivity index (χ4v) is 4.24. The van der Waals surface area contributed by atoms with Crippen LogP contribution in [-0.4, -0.2) is 31.6 Å². The summed E-state index contributed by atoms with van der Waals surface area (Å²) in [6.45, 7) is 4.49. The van der Waals surface area contributed by atoms with Gasteiger partial charge in [0.05, 0.1) is 24.0 Å². The molecule has 1 fully saturated rings. The first-order chi connectivity index (χ1) is 15.0. The standard InChI is InChI=1S/C24H28F4N2O2/c1-14(2)13-30(16-6-8-24(27,28)9-7-16)22-12-20(26)19(11-21(22)29)18-10-15(25)4-5-17(18)23(31)32-3/h4-5,10-12,14,16H,6-9,13,29H2,1-3H3.